The zero-order valence-corrected chi connectivity index (χ0v) is 17.3. The van der Waals surface area contributed by atoms with E-state index in [1.807, 2.05) is 42.5 Å². The van der Waals surface area contributed by atoms with Crippen LogP contribution in [-0.4, -0.2) is 37.1 Å². The number of benzene rings is 2. The van der Waals surface area contributed by atoms with E-state index >= 15 is 0 Å². The highest BCUT2D eigenvalue weighted by Gasteiger charge is 2.17. The number of anilines is 2. The molecule has 6 heteroatoms. The maximum atomic E-state index is 13.0. The summed E-state index contributed by atoms with van der Waals surface area (Å²) in [6.45, 7) is 3.73. The molecule has 1 saturated heterocycles. The number of para-hydroxylation sites is 2. The third kappa shape index (κ3) is 3.67. The number of carbonyl (C=O) groups is 1. The number of piperazine rings is 1. The van der Waals surface area contributed by atoms with Gasteiger partial charge in [-0.1, -0.05) is 36.4 Å². The number of hydrogen-bond acceptors (Lipinski definition) is 5. The topological polar surface area (TPSA) is 57.3 Å². The molecule has 1 aliphatic heterocycles. The molecule has 4 aromatic rings. The molecule has 1 fully saturated rings. The average molecular weight is 415 g/mol. The fourth-order valence-corrected chi connectivity index (χ4v) is 4.79. The molecular formula is C24H22N4OS. The van der Waals surface area contributed by atoms with Crippen LogP contribution in [0, 0.1) is 0 Å². The molecule has 2 aromatic heterocycles. The first-order valence-electron chi connectivity index (χ1n) is 10.1. The van der Waals surface area contributed by atoms with Gasteiger partial charge in [0.15, 0.2) is 0 Å². The first kappa shape index (κ1) is 18.8. The molecule has 0 bridgehead atoms. The molecule has 0 saturated carbocycles. The quantitative estimate of drug-likeness (QED) is 0.511. The Balaban J connectivity index is 1.42. The number of amides is 1. The first-order valence-corrected chi connectivity index (χ1v) is 11.0. The van der Waals surface area contributed by atoms with Crippen molar-refractivity contribution in [3.63, 3.8) is 0 Å². The molecule has 2 aromatic carbocycles. The second-order valence-corrected chi connectivity index (χ2v) is 8.17. The number of nitrogens with one attached hydrogen (secondary N) is 2. The summed E-state index contributed by atoms with van der Waals surface area (Å²) in [5.74, 6) is -0.195. The van der Waals surface area contributed by atoms with Gasteiger partial charge in [0.25, 0.3) is 5.91 Å². The third-order valence-electron chi connectivity index (χ3n) is 5.35. The van der Waals surface area contributed by atoms with Gasteiger partial charge < -0.3 is 15.5 Å². The molecule has 1 amide bonds. The van der Waals surface area contributed by atoms with Gasteiger partial charge in [-0.3, -0.25) is 4.79 Å². The smallest absolute Gasteiger partial charge is 0.274 e. The molecule has 0 atom stereocenters. The molecule has 5 rings (SSSR count). The predicted octanol–water partition coefficient (Wildman–Crippen LogP) is 4.63. The third-order valence-corrected chi connectivity index (χ3v) is 6.31. The van der Waals surface area contributed by atoms with Crippen LogP contribution in [0.25, 0.3) is 21.3 Å². The van der Waals surface area contributed by atoms with Crippen molar-refractivity contribution in [2.45, 2.75) is 0 Å². The van der Waals surface area contributed by atoms with E-state index in [1.54, 1.807) is 17.4 Å². The van der Waals surface area contributed by atoms with Crippen LogP contribution in [0.1, 0.15) is 10.5 Å². The highest BCUT2D eigenvalue weighted by molar-refractivity contribution is 7.17. The SMILES string of the molecule is O=C(Nc1ccccc1N1CCNCC1)c1cccc(-c2csc3ccccc23)n1. The summed E-state index contributed by atoms with van der Waals surface area (Å²) < 4.78 is 1.22. The van der Waals surface area contributed by atoms with Crippen LogP contribution in [0.5, 0.6) is 0 Å². The van der Waals surface area contributed by atoms with Crippen LogP contribution >= 0.6 is 11.3 Å². The van der Waals surface area contributed by atoms with Crippen molar-refractivity contribution in [1.82, 2.24) is 10.3 Å². The number of carbonyl (C=O) groups excluding carboxylic acids is 1. The fraction of sp³-hybridized carbons (Fsp3) is 0.167. The Kier molecular flexibility index (Phi) is 5.17. The Bertz CT molecular complexity index is 1200. The van der Waals surface area contributed by atoms with E-state index in [0.717, 1.165) is 54.2 Å². The lowest BCUT2D eigenvalue weighted by Crippen LogP contribution is -2.43. The van der Waals surface area contributed by atoms with Crippen LogP contribution in [0.15, 0.2) is 72.1 Å². The summed E-state index contributed by atoms with van der Waals surface area (Å²) in [6, 6.07) is 21.8. The summed E-state index contributed by atoms with van der Waals surface area (Å²) in [5.41, 5.74) is 4.16. The van der Waals surface area contributed by atoms with Crippen molar-refractivity contribution in [1.29, 1.82) is 0 Å². The van der Waals surface area contributed by atoms with Gasteiger partial charge in [-0.15, -0.1) is 11.3 Å². The Hall–Kier alpha value is -3.22. The van der Waals surface area contributed by atoms with Gasteiger partial charge in [0.2, 0.25) is 0 Å². The lowest BCUT2D eigenvalue weighted by atomic mass is 10.1. The zero-order valence-electron chi connectivity index (χ0n) is 16.5. The standard InChI is InChI=1S/C24H22N4OS/c29-24(27-20-7-2-3-10-22(20)28-14-12-25-13-15-28)21-9-5-8-19(26-21)18-16-30-23-11-4-1-6-17(18)23/h1-11,16,25H,12-15H2,(H,27,29). The average Bonchev–Trinajstić information content (AvgIpc) is 3.24. The molecule has 0 spiro atoms. The summed E-state index contributed by atoms with van der Waals surface area (Å²) in [6.07, 6.45) is 0. The van der Waals surface area contributed by atoms with E-state index in [1.165, 1.54) is 4.70 Å². The molecule has 3 heterocycles. The maximum absolute atomic E-state index is 13.0. The Morgan fingerprint density at radius 3 is 2.67 bits per heavy atom. The number of nitrogens with zero attached hydrogens (tertiary/aromatic N) is 2. The van der Waals surface area contributed by atoms with Crippen molar-refractivity contribution in [3.05, 3.63) is 77.8 Å². The maximum Gasteiger partial charge on any atom is 0.274 e. The van der Waals surface area contributed by atoms with E-state index in [0.29, 0.717) is 5.69 Å². The van der Waals surface area contributed by atoms with Crippen molar-refractivity contribution in [2.75, 3.05) is 36.4 Å². The molecule has 0 radical (unpaired) electrons. The number of pyridine rings is 1. The Labute approximate surface area is 179 Å². The number of thiophene rings is 1. The number of aromatic nitrogens is 1. The zero-order chi connectivity index (χ0) is 20.3. The van der Waals surface area contributed by atoms with E-state index in [2.05, 4.69) is 44.1 Å². The summed E-state index contributed by atoms with van der Waals surface area (Å²) in [4.78, 5) is 20.0. The number of hydrogen-bond donors (Lipinski definition) is 2. The molecule has 5 nitrogen and oxygen atoms in total. The molecule has 150 valence electrons. The van der Waals surface area contributed by atoms with Crippen LogP contribution in [-0.2, 0) is 0 Å². The van der Waals surface area contributed by atoms with E-state index in [4.69, 9.17) is 0 Å². The molecule has 1 aliphatic rings. The predicted molar refractivity (Wildman–Crippen MR) is 125 cm³/mol. The van der Waals surface area contributed by atoms with E-state index < -0.39 is 0 Å². The number of rotatable bonds is 4. The Morgan fingerprint density at radius 1 is 0.967 bits per heavy atom. The summed E-state index contributed by atoms with van der Waals surface area (Å²) in [5, 5.41) is 9.71. The molecular weight excluding hydrogens is 392 g/mol. The monoisotopic (exact) mass is 414 g/mol. The largest absolute Gasteiger partial charge is 0.367 e. The van der Waals surface area contributed by atoms with E-state index in [-0.39, 0.29) is 5.91 Å². The molecule has 0 unspecified atom stereocenters. The van der Waals surface area contributed by atoms with Crippen molar-refractivity contribution < 1.29 is 4.79 Å². The molecule has 30 heavy (non-hydrogen) atoms. The minimum atomic E-state index is -0.195. The highest BCUT2D eigenvalue weighted by Crippen LogP contribution is 2.33. The minimum Gasteiger partial charge on any atom is -0.367 e. The van der Waals surface area contributed by atoms with Crippen LogP contribution in [0.3, 0.4) is 0 Å². The van der Waals surface area contributed by atoms with Crippen molar-refractivity contribution >= 4 is 38.7 Å². The first-order chi connectivity index (χ1) is 14.8. The normalized spacial score (nSPS) is 14.1. The molecule has 2 N–H and O–H groups in total. The summed E-state index contributed by atoms with van der Waals surface area (Å²) in [7, 11) is 0. The van der Waals surface area contributed by atoms with Crippen LogP contribution < -0.4 is 15.5 Å². The number of fused-ring (bicyclic) bond motifs is 1. The van der Waals surface area contributed by atoms with Gasteiger partial charge in [-0.05, 0) is 30.3 Å². The van der Waals surface area contributed by atoms with Gasteiger partial charge in [-0.25, -0.2) is 4.98 Å². The minimum absolute atomic E-state index is 0.195. The van der Waals surface area contributed by atoms with Gasteiger partial charge in [0.05, 0.1) is 17.1 Å². The second-order valence-electron chi connectivity index (χ2n) is 7.26. The van der Waals surface area contributed by atoms with Gasteiger partial charge >= 0.3 is 0 Å². The van der Waals surface area contributed by atoms with Crippen LogP contribution in [0.4, 0.5) is 11.4 Å². The van der Waals surface area contributed by atoms with Crippen molar-refractivity contribution in [3.8, 4) is 11.3 Å². The Morgan fingerprint density at radius 2 is 1.77 bits per heavy atom. The van der Waals surface area contributed by atoms with E-state index in [9.17, 15) is 4.79 Å². The summed E-state index contributed by atoms with van der Waals surface area (Å²) >= 11 is 1.69. The van der Waals surface area contributed by atoms with Gasteiger partial charge in [-0.2, -0.15) is 0 Å². The van der Waals surface area contributed by atoms with Gasteiger partial charge in [0.1, 0.15) is 5.69 Å². The highest BCUT2D eigenvalue weighted by atomic mass is 32.1. The fourth-order valence-electron chi connectivity index (χ4n) is 3.83. The lowest BCUT2D eigenvalue weighted by Gasteiger charge is -2.31. The van der Waals surface area contributed by atoms with Gasteiger partial charge in [0, 0.05) is 47.2 Å². The second kappa shape index (κ2) is 8.26. The van der Waals surface area contributed by atoms with Crippen molar-refractivity contribution in [2.24, 2.45) is 0 Å². The lowest BCUT2D eigenvalue weighted by molar-refractivity contribution is 0.102. The van der Waals surface area contributed by atoms with Crippen LogP contribution in [0.2, 0.25) is 0 Å². The molecule has 0 aliphatic carbocycles.